The highest BCUT2D eigenvalue weighted by molar-refractivity contribution is 5.84. The number of hydrogen-bond donors (Lipinski definition) is 2. The summed E-state index contributed by atoms with van der Waals surface area (Å²) in [5.41, 5.74) is 7.30. The molecule has 1 saturated carbocycles. The lowest BCUT2D eigenvalue weighted by molar-refractivity contribution is -0.130. The zero-order valence-corrected chi connectivity index (χ0v) is 15.0. The maximum Gasteiger partial charge on any atom is 0.244 e. The Balaban J connectivity index is 1.39. The van der Waals surface area contributed by atoms with Gasteiger partial charge >= 0.3 is 0 Å². The molecule has 5 nitrogen and oxygen atoms in total. The molecule has 1 heterocycles. The summed E-state index contributed by atoms with van der Waals surface area (Å²) < 4.78 is 0. The number of guanidine groups is 1. The summed E-state index contributed by atoms with van der Waals surface area (Å²) in [6, 6.07) is 11.1. The Morgan fingerprint density at radius 1 is 1.12 bits per heavy atom. The Bertz CT molecular complexity index is 573. The minimum Gasteiger partial charge on any atom is -0.370 e. The lowest BCUT2D eigenvalue weighted by Crippen LogP contribution is -2.42. The fourth-order valence-electron chi connectivity index (χ4n) is 3.91. The fourth-order valence-corrected chi connectivity index (χ4v) is 3.91. The van der Waals surface area contributed by atoms with E-state index < -0.39 is 0 Å². The zero-order chi connectivity index (χ0) is 17.5. The van der Waals surface area contributed by atoms with Crippen molar-refractivity contribution < 1.29 is 4.79 Å². The number of likely N-dealkylation sites (tertiary alicyclic amines) is 1. The fraction of sp³-hybridized carbons (Fsp3) is 0.600. The van der Waals surface area contributed by atoms with Gasteiger partial charge in [0.05, 0.1) is 0 Å². The largest absolute Gasteiger partial charge is 0.370 e. The molecular weight excluding hydrogens is 312 g/mol. The van der Waals surface area contributed by atoms with Crippen LogP contribution in [0.15, 0.2) is 35.3 Å². The number of amides is 1. The van der Waals surface area contributed by atoms with E-state index >= 15 is 0 Å². The van der Waals surface area contributed by atoms with Crippen molar-refractivity contribution in [2.75, 3.05) is 19.6 Å². The second-order valence-electron chi connectivity index (χ2n) is 7.34. The van der Waals surface area contributed by atoms with Crippen molar-refractivity contribution >= 4 is 11.9 Å². The van der Waals surface area contributed by atoms with Crippen LogP contribution in [-0.4, -0.2) is 42.4 Å². The molecule has 2 aliphatic rings. The van der Waals surface area contributed by atoms with Gasteiger partial charge in [-0.15, -0.1) is 0 Å². The van der Waals surface area contributed by atoms with Crippen LogP contribution >= 0.6 is 0 Å². The van der Waals surface area contributed by atoms with Gasteiger partial charge in [-0.25, -0.2) is 4.99 Å². The molecule has 3 rings (SSSR count). The van der Waals surface area contributed by atoms with Crippen LogP contribution in [0.1, 0.15) is 44.1 Å². The number of hydrogen-bond acceptors (Lipinski definition) is 2. The minimum absolute atomic E-state index is 0.0920. The molecule has 1 aliphatic carbocycles. The second kappa shape index (κ2) is 8.88. The summed E-state index contributed by atoms with van der Waals surface area (Å²) >= 11 is 0. The average Bonchev–Trinajstić information content (AvgIpc) is 3.14. The number of carbonyl (C=O) groups is 1. The van der Waals surface area contributed by atoms with Crippen LogP contribution in [0.5, 0.6) is 0 Å². The number of nitrogens with zero attached hydrogens (tertiary/aromatic N) is 2. The number of benzene rings is 1. The van der Waals surface area contributed by atoms with E-state index in [4.69, 9.17) is 5.73 Å². The molecule has 0 radical (unpaired) electrons. The molecule has 25 heavy (non-hydrogen) atoms. The highest BCUT2D eigenvalue weighted by Gasteiger charge is 2.23. The predicted octanol–water partition coefficient (Wildman–Crippen LogP) is 2.31. The van der Waals surface area contributed by atoms with Crippen LogP contribution in [0.4, 0.5) is 0 Å². The lowest BCUT2D eigenvalue weighted by atomic mass is 9.90. The minimum atomic E-state index is 0.0920. The maximum atomic E-state index is 12.3. The predicted molar refractivity (Wildman–Crippen MR) is 101 cm³/mol. The summed E-state index contributed by atoms with van der Waals surface area (Å²) in [5, 5.41) is 3.23. The number of aliphatic imine (C=N–C) groups is 1. The summed E-state index contributed by atoms with van der Waals surface area (Å²) in [7, 11) is 0. The van der Waals surface area contributed by atoms with Crippen LogP contribution in [0.25, 0.3) is 0 Å². The third kappa shape index (κ3) is 5.48. The van der Waals surface area contributed by atoms with E-state index in [1.807, 2.05) is 4.90 Å². The third-order valence-corrected chi connectivity index (χ3v) is 5.43. The molecule has 0 spiro atoms. The first-order valence-corrected chi connectivity index (χ1v) is 9.59. The molecule has 0 bridgehead atoms. The van der Waals surface area contributed by atoms with Gasteiger partial charge in [0.2, 0.25) is 5.91 Å². The first-order chi connectivity index (χ1) is 12.2. The molecule has 0 aromatic heterocycles. The normalized spacial score (nSPS) is 20.0. The molecule has 3 N–H and O–H groups in total. The molecule has 1 saturated heterocycles. The summed E-state index contributed by atoms with van der Waals surface area (Å²) in [5.74, 6) is 1.18. The van der Waals surface area contributed by atoms with Gasteiger partial charge in [-0.1, -0.05) is 43.2 Å². The summed E-state index contributed by atoms with van der Waals surface area (Å²) in [6.45, 7) is 1.83. The van der Waals surface area contributed by atoms with Crippen molar-refractivity contribution in [3.05, 3.63) is 35.9 Å². The molecule has 1 aliphatic heterocycles. The highest BCUT2D eigenvalue weighted by atomic mass is 16.2. The van der Waals surface area contributed by atoms with E-state index in [0.717, 1.165) is 45.2 Å². The van der Waals surface area contributed by atoms with E-state index in [1.54, 1.807) is 0 Å². The number of piperidine rings is 1. The summed E-state index contributed by atoms with van der Waals surface area (Å²) in [4.78, 5) is 18.5. The molecule has 0 atom stereocenters. The molecule has 136 valence electrons. The Kier molecular flexibility index (Phi) is 6.31. The number of nitrogens with one attached hydrogen (secondary N) is 1. The van der Waals surface area contributed by atoms with Crippen LogP contribution in [-0.2, 0) is 11.2 Å². The average molecular weight is 342 g/mol. The van der Waals surface area contributed by atoms with Gasteiger partial charge in [-0.3, -0.25) is 4.79 Å². The number of nitrogens with two attached hydrogens (primary N) is 1. The number of rotatable bonds is 5. The van der Waals surface area contributed by atoms with Crippen LogP contribution in [0, 0.1) is 5.92 Å². The molecular formula is C20H30N4O. The molecule has 1 aromatic carbocycles. The molecule has 1 amide bonds. The number of carbonyl (C=O) groups excluding carboxylic acids is 1. The van der Waals surface area contributed by atoms with Crippen LogP contribution < -0.4 is 11.1 Å². The van der Waals surface area contributed by atoms with Gasteiger partial charge in [-0.2, -0.15) is 0 Å². The topological polar surface area (TPSA) is 70.7 Å². The van der Waals surface area contributed by atoms with E-state index in [9.17, 15) is 4.79 Å². The SMILES string of the molecule is NC(=NCC(=O)N1CCC(Cc2ccccc2)CC1)NC1CCCC1. The molecule has 0 unspecified atom stereocenters. The van der Waals surface area contributed by atoms with Crippen molar-refractivity contribution in [3.8, 4) is 0 Å². The van der Waals surface area contributed by atoms with E-state index in [0.29, 0.717) is 17.9 Å². The first kappa shape index (κ1) is 17.8. The van der Waals surface area contributed by atoms with Crippen molar-refractivity contribution in [2.45, 2.75) is 51.0 Å². The zero-order valence-electron chi connectivity index (χ0n) is 15.0. The van der Waals surface area contributed by atoms with Gasteiger partial charge < -0.3 is 16.0 Å². The van der Waals surface area contributed by atoms with E-state index in [-0.39, 0.29) is 12.5 Å². The van der Waals surface area contributed by atoms with Gasteiger partial charge in [0.15, 0.2) is 5.96 Å². The van der Waals surface area contributed by atoms with Crippen molar-refractivity contribution in [3.63, 3.8) is 0 Å². The molecule has 2 fully saturated rings. The van der Waals surface area contributed by atoms with Gasteiger partial charge in [0, 0.05) is 19.1 Å². The van der Waals surface area contributed by atoms with Crippen LogP contribution in [0.3, 0.4) is 0 Å². The Labute approximate surface area is 150 Å². The van der Waals surface area contributed by atoms with Gasteiger partial charge in [-0.05, 0) is 43.6 Å². The van der Waals surface area contributed by atoms with Gasteiger partial charge in [0.1, 0.15) is 6.54 Å². The van der Waals surface area contributed by atoms with E-state index in [1.165, 1.54) is 18.4 Å². The van der Waals surface area contributed by atoms with Gasteiger partial charge in [0.25, 0.3) is 0 Å². The first-order valence-electron chi connectivity index (χ1n) is 9.59. The van der Waals surface area contributed by atoms with Crippen molar-refractivity contribution in [2.24, 2.45) is 16.6 Å². The quantitative estimate of drug-likeness (QED) is 0.637. The maximum absolute atomic E-state index is 12.3. The Morgan fingerprint density at radius 3 is 2.48 bits per heavy atom. The van der Waals surface area contributed by atoms with Crippen molar-refractivity contribution in [1.82, 2.24) is 10.2 Å². The Morgan fingerprint density at radius 2 is 1.80 bits per heavy atom. The van der Waals surface area contributed by atoms with Crippen molar-refractivity contribution in [1.29, 1.82) is 0 Å². The molecule has 5 heteroatoms. The van der Waals surface area contributed by atoms with Crippen LogP contribution in [0.2, 0.25) is 0 Å². The molecule has 1 aromatic rings. The summed E-state index contributed by atoms with van der Waals surface area (Å²) in [6.07, 6.45) is 8.06. The lowest BCUT2D eigenvalue weighted by Gasteiger charge is -2.31. The van der Waals surface area contributed by atoms with E-state index in [2.05, 4.69) is 40.6 Å². The highest BCUT2D eigenvalue weighted by Crippen LogP contribution is 2.21. The standard InChI is InChI=1S/C20H30N4O/c21-20(23-18-8-4-5-9-18)22-15-19(25)24-12-10-17(11-13-24)14-16-6-2-1-3-7-16/h1-3,6-7,17-18H,4-5,8-15H2,(H3,21,22,23). The second-order valence-corrected chi connectivity index (χ2v) is 7.34. The third-order valence-electron chi connectivity index (χ3n) is 5.43. The Hall–Kier alpha value is -2.04. The smallest absolute Gasteiger partial charge is 0.244 e. The monoisotopic (exact) mass is 342 g/mol.